The van der Waals surface area contributed by atoms with E-state index in [0.29, 0.717) is 28.4 Å². The first-order valence-electron chi connectivity index (χ1n) is 9.42. The zero-order valence-electron chi connectivity index (χ0n) is 16.9. The molecule has 0 unspecified atom stereocenters. The number of hydrogen-bond acceptors (Lipinski definition) is 9. The Balaban J connectivity index is 0.00000193. The van der Waals surface area contributed by atoms with Crippen LogP contribution >= 0.6 is 0 Å². The fourth-order valence-electron chi connectivity index (χ4n) is 2.84. The second kappa shape index (κ2) is 7.80. The highest BCUT2D eigenvalue weighted by Gasteiger charge is 2.20. The summed E-state index contributed by atoms with van der Waals surface area (Å²) in [4.78, 5) is 8.94. The van der Waals surface area contributed by atoms with E-state index in [4.69, 9.17) is 15.9 Å². The molecule has 0 aliphatic heterocycles. The molecule has 0 spiro atoms. The molecule has 2 aromatic carbocycles. The number of nitrogens with two attached hydrogens (primary N) is 2. The number of hydrogen-bond donors (Lipinski definition) is 2. The van der Waals surface area contributed by atoms with Gasteiger partial charge in [-0.2, -0.15) is 0 Å². The summed E-state index contributed by atoms with van der Waals surface area (Å²) in [5.74, 6) is 0.554. The lowest BCUT2D eigenvalue weighted by atomic mass is 10.1. The lowest BCUT2D eigenvalue weighted by Crippen LogP contribution is -2.13. The number of benzene rings is 2. The van der Waals surface area contributed by atoms with E-state index >= 15 is 0 Å². The molecule has 164 valence electrons. The Kier molecular flexibility index (Phi) is 5.15. The number of rotatable bonds is 5. The third-order valence-corrected chi connectivity index (χ3v) is 6.86. The van der Waals surface area contributed by atoms with E-state index in [1.54, 1.807) is 62.4 Å². The Hall–Kier alpha value is -3.79. The first kappa shape index (κ1) is 20.5. The minimum atomic E-state index is -3.36. The van der Waals surface area contributed by atoms with Crippen LogP contribution in [-0.2, 0) is 9.84 Å². The van der Waals surface area contributed by atoms with Gasteiger partial charge in [0.25, 0.3) is 5.89 Å². The largest absolute Gasteiger partial charge is 0.414 e. The molecule has 9 nitrogen and oxygen atoms in total. The highest BCUT2D eigenvalue weighted by atomic mass is 32.2. The van der Waals surface area contributed by atoms with E-state index in [9.17, 15) is 8.42 Å². The van der Waals surface area contributed by atoms with E-state index in [1.165, 1.54) is 6.20 Å². The van der Waals surface area contributed by atoms with Crippen molar-refractivity contribution in [2.75, 3.05) is 11.5 Å². The Labute approximate surface area is 183 Å². The Morgan fingerprint density at radius 1 is 0.903 bits per heavy atom. The van der Waals surface area contributed by atoms with E-state index < -0.39 is 15.1 Å². The van der Waals surface area contributed by atoms with Crippen molar-refractivity contribution in [1.82, 2.24) is 20.2 Å². The fourth-order valence-corrected chi connectivity index (χ4v) is 3.90. The SMILES string of the molecule is CC(C)S(=O)(=O)c1ccc(-c2cnc(N)c(-c3nnc(-c4ccc(N)cc4)o3)n2)cc1.[HH].[HH].[HH]. The van der Waals surface area contributed by atoms with Crippen molar-refractivity contribution in [3.05, 3.63) is 54.7 Å². The predicted molar refractivity (Wildman–Crippen MR) is 124 cm³/mol. The van der Waals surface area contributed by atoms with Gasteiger partial charge in [-0.15, -0.1) is 10.2 Å². The van der Waals surface area contributed by atoms with Crippen LogP contribution < -0.4 is 11.5 Å². The maximum Gasteiger partial charge on any atom is 0.270 e. The molecule has 10 heteroatoms. The number of nitrogen functional groups attached to an aromatic ring is 2. The van der Waals surface area contributed by atoms with Crippen LogP contribution in [0.3, 0.4) is 0 Å². The van der Waals surface area contributed by atoms with Crippen molar-refractivity contribution in [3.63, 3.8) is 0 Å². The van der Waals surface area contributed by atoms with Crippen LogP contribution in [0, 0.1) is 0 Å². The van der Waals surface area contributed by atoms with Gasteiger partial charge in [-0.05, 0) is 50.2 Å². The molecule has 0 aliphatic carbocycles. The van der Waals surface area contributed by atoms with Crippen molar-refractivity contribution in [2.24, 2.45) is 0 Å². The molecule has 31 heavy (non-hydrogen) atoms. The molecule has 2 aromatic heterocycles. The van der Waals surface area contributed by atoms with Gasteiger partial charge >= 0.3 is 0 Å². The highest BCUT2D eigenvalue weighted by molar-refractivity contribution is 7.92. The summed E-state index contributed by atoms with van der Waals surface area (Å²) in [6.45, 7) is 3.29. The maximum absolute atomic E-state index is 12.3. The summed E-state index contributed by atoms with van der Waals surface area (Å²) in [5.41, 5.74) is 14.4. The molecule has 0 saturated carbocycles. The average molecular weight is 443 g/mol. The molecular formula is C21H26N6O3S. The molecule has 0 aliphatic rings. The molecule has 4 aromatic rings. The molecule has 0 fully saturated rings. The van der Waals surface area contributed by atoms with E-state index in [-0.39, 0.29) is 26.6 Å². The van der Waals surface area contributed by atoms with Crippen LogP contribution in [0.1, 0.15) is 18.1 Å². The van der Waals surface area contributed by atoms with E-state index in [1.807, 2.05) is 0 Å². The molecule has 0 bridgehead atoms. The molecule has 4 rings (SSSR count). The van der Waals surface area contributed by atoms with Gasteiger partial charge in [-0.3, -0.25) is 0 Å². The zero-order chi connectivity index (χ0) is 22.2. The standard InChI is InChI=1S/C21H20N6O3S.3H2/c1-12(2)31(28,29)16-9-5-13(6-10-16)17-11-24-19(23)18(25-17)21-27-26-20(30-21)14-3-7-15(22)8-4-14;;;/h3-12H,22H2,1-2H3,(H2,23,24);3*1H. The van der Waals surface area contributed by atoms with Gasteiger partial charge in [-0.25, -0.2) is 18.4 Å². The first-order valence-corrected chi connectivity index (χ1v) is 11.0. The Morgan fingerprint density at radius 2 is 1.52 bits per heavy atom. The average Bonchev–Trinajstić information content (AvgIpc) is 3.24. The van der Waals surface area contributed by atoms with Crippen molar-refractivity contribution in [3.8, 4) is 34.3 Å². The van der Waals surface area contributed by atoms with Gasteiger partial charge in [0, 0.05) is 21.1 Å². The predicted octanol–water partition coefficient (Wildman–Crippen LogP) is 3.95. The summed E-state index contributed by atoms with van der Waals surface area (Å²) in [6.07, 6.45) is 1.50. The third kappa shape index (κ3) is 3.97. The van der Waals surface area contributed by atoms with Crippen molar-refractivity contribution >= 4 is 21.3 Å². The Bertz CT molecular complexity index is 1350. The van der Waals surface area contributed by atoms with E-state index in [2.05, 4.69) is 20.2 Å². The van der Waals surface area contributed by atoms with Crippen LogP contribution in [0.2, 0.25) is 0 Å². The highest BCUT2D eigenvalue weighted by Crippen LogP contribution is 2.28. The number of sulfone groups is 1. The smallest absolute Gasteiger partial charge is 0.270 e. The van der Waals surface area contributed by atoms with Crippen LogP contribution in [0.4, 0.5) is 11.5 Å². The Morgan fingerprint density at radius 3 is 2.16 bits per heavy atom. The van der Waals surface area contributed by atoms with Gasteiger partial charge in [0.1, 0.15) is 0 Å². The summed E-state index contributed by atoms with van der Waals surface area (Å²) in [7, 11) is -3.36. The fraction of sp³-hybridized carbons (Fsp3) is 0.143. The minimum Gasteiger partial charge on any atom is -0.414 e. The molecule has 4 N–H and O–H groups in total. The summed E-state index contributed by atoms with van der Waals surface area (Å²) in [5, 5.41) is 7.58. The van der Waals surface area contributed by atoms with Gasteiger partial charge in [0.05, 0.1) is 22.0 Å². The van der Waals surface area contributed by atoms with E-state index in [0.717, 1.165) is 0 Å². The van der Waals surface area contributed by atoms with Crippen LogP contribution in [-0.4, -0.2) is 33.8 Å². The van der Waals surface area contributed by atoms with Crippen LogP contribution in [0.25, 0.3) is 34.3 Å². The number of aromatic nitrogens is 4. The number of nitrogens with zero attached hydrogens (tertiary/aromatic N) is 4. The second-order valence-corrected chi connectivity index (χ2v) is 9.65. The molecular weight excluding hydrogens is 416 g/mol. The molecule has 0 saturated heterocycles. The quantitative estimate of drug-likeness (QED) is 0.438. The minimum absolute atomic E-state index is 0. The van der Waals surface area contributed by atoms with Crippen molar-refractivity contribution in [2.45, 2.75) is 24.0 Å². The summed E-state index contributed by atoms with van der Waals surface area (Å²) < 4.78 is 30.4. The topological polar surface area (TPSA) is 151 Å². The molecule has 0 atom stereocenters. The van der Waals surface area contributed by atoms with Gasteiger partial charge < -0.3 is 15.9 Å². The van der Waals surface area contributed by atoms with Gasteiger partial charge in [-0.1, -0.05) is 12.1 Å². The third-order valence-electron chi connectivity index (χ3n) is 4.69. The number of anilines is 2. The first-order chi connectivity index (χ1) is 14.8. The molecule has 2 heterocycles. The monoisotopic (exact) mass is 442 g/mol. The maximum atomic E-state index is 12.3. The van der Waals surface area contributed by atoms with Crippen molar-refractivity contribution in [1.29, 1.82) is 0 Å². The second-order valence-electron chi connectivity index (χ2n) is 7.14. The summed E-state index contributed by atoms with van der Waals surface area (Å²) >= 11 is 0. The van der Waals surface area contributed by atoms with Crippen LogP contribution in [0.15, 0.2) is 64.0 Å². The lowest BCUT2D eigenvalue weighted by Gasteiger charge is -2.09. The van der Waals surface area contributed by atoms with Gasteiger partial charge in [0.15, 0.2) is 21.3 Å². The zero-order valence-corrected chi connectivity index (χ0v) is 17.7. The summed E-state index contributed by atoms with van der Waals surface area (Å²) in [6, 6.07) is 13.5. The van der Waals surface area contributed by atoms with Gasteiger partial charge in [0.2, 0.25) is 5.89 Å². The molecule has 0 radical (unpaired) electrons. The normalized spacial score (nSPS) is 11.7. The van der Waals surface area contributed by atoms with Crippen molar-refractivity contribution < 1.29 is 17.1 Å². The van der Waals surface area contributed by atoms with Crippen LogP contribution in [0.5, 0.6) is 0 Å². The molecule has 0 amide bonds. The lowest BCUT2D eigenvalue weighted by molar-refractivity contribution is 0.582.